The second kappa shape index (κ2) is 6.24. The summed E-state index contributed by atoms with van der Waals surface area (Å²) in [6.07, 6.45) is 1.77. The summed E-state index contributed by atoms with van der Waals surface area (Å²) in [5.41, 5.74) is 0. The van der Waals surface area contributed by atoms with Crippen LogP contribution in [0.1, 0.15) is 6.92 Å². The molecule has 0 atom stereocenters. The van der Waals surface area contributed by atoms with Crippen LogP contribution in [0.5, 0.6) is 0 Å². The summed E-state index contributed by atoms with van der Waals surface area (Å²) in [6, 6.07) is 3.71. The van der Waals surface area contributed by atoms with E-state index >= 15 is 0 Å². The molecule has 13 heavy (non-hydrogen) atoms. The standard InChI is InChI=1S/C9H13ClN2S/c1-2-11-6-7-13-9-8(10)4-3-5-12-9/h3-5,11H,2,6-7H2,1H3. The monoisotopic (exact) mass is 216 g/mol. The fraction of sp³-hybridized carbons (Fsp3) is 0.444. The summed E-state index contributed by atoms with van der Waals surface area (Å²) in [5.74, 6) is 1.00. The molecule has 0 saturated heterocycles. The van der Waals surface area contributed by atoms with Crippen molar-refractivity contribution in [1.82, 2.24) is 10.3 Å². The van der Waals surface area contributed by atoms with Crippen LogP contribution in [0.25, 0.3) is 0 Å². The molecule has 1 aromatic rings. The first-order valence-corrected chi connectivity index (χ1v) is 5.65. The lowest BCUT2D eigenvalue weighted by atomic mass is 10.5. The fourth-order valence-electron chi connectivity index (χ4n) is 0.874. The summed E-state index contributed by atoms with van der Waals surface area (Å²) in [5, 5.41) is 4.90. The minimum absolute atomic E-state index is 0.740. The van der Waals surface area contributed by atoms with E-state index in [9.17, 15) is 0 Å². The Labute approximate surface area is 88.1 Å². The third-order valence-electron chi connectivity index (χ3n) is 1.49. The number of nitrogens with one attached hydrogen (secondary N) is 1. The number of nitrogens with zero attached hydrogens (tertiary/aromatic N) is 1. The maximum atomic E-state index is 5.93. The number of hydrogen-bond acceptors (Lipinski definition) is 3. The zero-order valence-electron chi connectivity index (χ0n) is 7.59. The average Bonchev–Trinajstić information content (AvgIpc) is 2.15. The van der Waals surface area contributed by atoms with E-state index in [0.717, 1.165) is 28.9 Å². The van der Waals surface area contributed by atoms with Crippen LogP contribution in [-0.2, 0) is 0 Å². The molecular formula is C9H13ClN2S. The van der Waals surface area contributed by atoms with E-state index in [-0.39, 0.29) is 0 Å². The molecule has 0 aliphatic rings. The molecule has 0 radical (unpaired) electrons. The minimum Gasteiger partial charge on any atom is -0.316 e. The van der Waals surface area contributed by atoms with E-state index < -0.39 is 0 Å². The predicted octanol–water partition coefficient (Wildman–Crippen LogP) is 2.44. The number of rotatable bonds is 5. The van der Waals surface area contributed by atoms with Gasteiger partial charge in [0.1, 0.15) is 5.03 Å². The Morgan fingerprint density at radius 1 is 1.62 bits per heavy atom. The van der Waals surface area contributed by atoms with Crippen molar-refractivity contribution < 1.29 is 0 Å². The lowest BCUT2D eigenvalue weighted by Crippen LogP contribution is -2.15. The van der Waals surface area contributed by atoms with Crippen molar-refractivity contribution in [2.45, 2.75) is 11.9 Å². The van der Waals surface area contributed by atoms with Crippen LogP contribution in [0.2, 0.25) is 5.02 Å². The van der Waals surface area contributed by atoms with Gasteiger partial charge >= 0.3 is 0 Å². The lowest BCUT2D eigenvalue weighted by molar-refractivity contribution is 0.768. The van der Waals surface area contributed by atoms with Crippen LogP contribution < -0.4 is 5.32 Å². The largest absolute Gasteiger partial charge is 0.316 e. The summed E-state index contributed by atoms with van der Waals surface area (Å²) in [7, 11) is 0. The zero-order valence-corrected chi connectivity index (χ0v) is 9.16. The molecule has 0 aliphatic carbocycles. The summed E-state index contributed by atoms with van der Waals surface area (Å²) >= 11 is 7.61. The highest BCUT2D eigenvalue weighted by atomic mass is 35.5. The van der Waals surface area contributed by atoms with E-state index in [1.54, 1.807) is 18.0 Å². The molecule has 0 aliphatic heterocycles. The van der Waals surface area contributed by atoms with Crippen molar-refractivity contribution in [3.05, 3.63) is 23.4 Å². The van der Waals surface area contributed by atoms with Gasteiger partial charge in [-0.05, 0) is 18.7 Å². The molecule has 2 nitrogen and oxygen atoms in total. The Balaban J connectivity index is 2.32. The third-order valence-corrected chi connectivity index (χ3v) is 2.92. The Hall–Kier alpha value is -0.250. The Morgan fingerprint density at radius 3 is 3.15 bits per heavy atom. The van der Waals surface area contributed by atoms with Crippen molar-refractivity contribution in [2.24, 2.45) is 0 Å². The first-order chi connectivity index (χ1) is 6.34. The van der Waals surface area contributed by atoms with Crippen LogP contribution >= 0.6 is 23.4 Å². The van der Waals surface area contributed by atoms with E-state index in [0.29, 0.717) is 0 Å². The Kier molecular flexibility index (Phi) is 5.20. The number of aromatic nitrogens is 1. The molecule has 0 amide bonds. The SMILES string of the molecule is CCNCCSc1ncccc1Cl. The van der Waals surface area contributed by atoms with E-state index in [1.807, 2.05) is 12.1 Å². The van der Waals surface area contributed by atoms with Crippen molar-refractivity contribution in [3.63, 3.8) is 0 Å². The summed E-state index contributed by atoms with van der Waals surface area (Å²) in [4.78, 5) is 4.18. The average molecular weight is 217 g/mol. The first kappa shape index (κ1) is 10.8. The molecular weight excluding hydrogens is 204 g/mol. The molecule has 0 bridgehead atoms. The normalized spacial score (nSPS) is 10.3. The van der Waals surface area contributed by atoms with Crippen molar-refractivity contribution in [1.29, 1.82) is 0 Å². The van der Waals surface area contributed by atoms with E-state index in [1.165, 1.54) is 0 Å². The van der Waals surface area contributed by atoms with Gasteiger partial charge in [0.25, 0.3) is 0 Å². The second-order valence-electron chi connectivity index (χ2n) is 2.49. The molecule has 1 N–H and O–H groups in total. The predicted molar refractivity (Wildman–Crippen MR) is 58.5 cm³/mol. The maximum Gasteiger partial charge on any atom is 0.115 e. The highest BCUT2D eigenvalue weighted by molar-refractivity contribution is 7.99. The van der Waals surface area contributed by atoms with Gasteiger partial charge in [0.05, 0.1) is 5.02 Å². The number of hydrogen-bond donors (Lipinski definition) is 1. The van der Waals surface area contributed by atoms with Crippen LogP contribution in [0, 0.1) is 0 Å². The Morgan fingerprint density at radius 2 is 2.46 bits per heavy atom. The van der Waals surface area contributed by atoms with Crippen LogP contribution in [-0.4, -0.2) is 23.8 Å². The first-order valence-electron chi connectivity index (χ1n) is 4.28. The van der Waals surface area contributed by atoms with E-state index in [2.05, 4.69) is 17.2 Å². The molecule has 0 saturated carbocycles. The maximum absolute atomic E-state index is 5.93. The molecule has 4 heteroatoms. The lowest BCUT2D eigenvalue weighted by Gasteiger charge is -2.02. The number of halogens is 1. The van der Waals surface area contributed by atoms with Gasteiger partial charge in [-0.15, -0.1) is 11.8 Å². The van der Waals surface area contributed by atoms with E-state index in [4.69, 9.17) is 11.6 Å². The van der Waals surface area contributed by atoms with Crippen molar-refractivity contribution in [2.75, 3.05) is 18.8 Å². The molecule has 0 fully saturated rings. The summed E-state index contributed by atoms with van der Waals surface area (Å²) in [6.45, 7) is 4.10. The highest BCUT2D eigenvalue weighted by Crippen LogP contribution is 2.23. The van der Waals surface area contributed by atoms with Gasteiger partial charge in [0.2, 0.25) is 0 Å². The fourth-order valence-corrected chi connectivity index (χ4v) is 1.94. The summed E-state index contributed by atoms with van der Waals surface area (Å²) < 4.78 is 0. The smallest absolute Gasteiger partial charge is 0.115 e. The van der Waals surface area contributed by atoms with Crippen molar-refractivity contribution in [3.8, 4) is 0 Å². The topological polar surface area (TPSA) is 24.9 Å². The number of pyridine rings is 1. The molecule has 72 valence electrons. The van der Waals surface area contributed by atoms with Gasteiger partial charge in [0, 0.05) is 18.5 Å². The van der Waals surface area contributed by atoms with Crippen LogP contribution in [0.15, 0.2) is 23.4 Å². The Bertz CT molecular complexity index is 255. The van der Waals surface area contributed by atoms with Gasteiger partial charge < -0.3 is 5.32 Å². The molecule has 1 rings (SSSR count). The molecule has 1 aromatic heterocycles. The van der Waals surface area contributed by atoms with Crippen LogP contribution in [0.4, 0.5) is 0 Å². The molecule has 0 aromatic carbocycles. The third kappa shape index (κ3) is 3.98. The highest BCUT2D eigenvalue weighted by Gasteiger charge is 1.99. The molecule has 1 heterocycles. The van der Waals surface area contributed by atoms with Gasteiger partial charge in [-0.2, -0.15) is 0 Å². The zero-order chi connectivity index (χ0) is 9.52. The number of thioether (sulfide) groups is 1. The molecule has 0 spiro atoms. The van der Waals surface area contributed by atoms with Crippen LogP contribution in [0.3, 0.4) is 0 Å². The van der Waals surface area contributed by atoms with Gasteiger partial charge in [-0.25, -0.2) is 4.98 Å². The van der Waals surface area contributed by atoms with Gasteiger partial charge in [-0.3, -0.25) is 0 Å². The van der Waals surface area contributed by atoms with Crippen molar-refractivity contribution >= 4 is 23.4 Å². The van der Waals surface area contributed by atoms with Gasteiger partial charge in [0.15, 0.2) is 0 Å². The molecule has 0 unspecified atom stereocenters. The quantitative estimate of drug-likeness (QED) is 0.605. The van der Waals surface area contributed by atoms with Gasteiger partial charge in [-0.1, -0.05) is 18.5 Å². The minimum atomic E-state index is 0.740. The second-order valence-corrected chi connectivity index (χ2v) is 3.98.